The largest absolute Gasteiger partial charge is 0.370 e. The maximum absolute atomic E-state index is 13.7. The van der Waals surface area contributed by atoms with Crippen LogP contribution in [-0.4, -0.2) is 16.5 Å². The second-order valence-electron chi connectivity index (χ2n) is 5.28. The lowest BCUT2D eigenvalue weighted by molar-refractivity contribution is 0.449. The molecular weight excluding hydrogens is 329 g/mol. The topological polar surface area (TPSA) is 49.8 Å². The highest BCUT2D eigenvalue weighted by molar-refractivity contribution is 5.55. The first-order valence-corrected chi connectivity index (χ1v) is 7.65. The Hall–Kier alpha value is -3.09. The van der Waals surface area contributed by atoms with Gasteiger partial charge in [0.05, 0.1) is 5.69 Å². The Morgan fingerprint density at radius 2 is 1.68 bits per heavy atom. The number of aromatic nitrogens is 2. The normalized spacial score (nSPS) is 10.5. The summed E-state index contributed by atoms with van der Waals surface area (Å²) >= 11 is 0. The van der Waals surface area contributed by atoms with E-state index < -0.39 is 17.5 Å². The van der Waals surface area contributed by atoms with Crippen molar-refractivity contribution >= 4 is 17.5 Å². The number of nitrogens with zero attached hydrogens (tertiary/aromatic N) is 2. The lowest BCUT2D eigenvalue weighted by atomic mass is 10.1. The predicted molar refractivity (Wildman–Crippen MR) is 90.3 cm³/mol. The molecule has 0 spiro atoms. The van der Waals surface area contributed by atoms with Gasteiger partial charge in [-0.1, -0.05) is 30.3 Å². The van der Waals surface area contributed by atoms with E-state index >= 15 is 0 Å². The summed E-state index contributed by atoms with van der Waals surface area (Å²) in [6.45, 7) is 0.653. The molecule has 2 aromatic carbocycles. The monoisotopic (exact) mass is 344 g/mol. The van der Waals surface area contributed by atoms with Gasteiger partial charge in [-0.15, -0.1) is 0 Å². The van der Waals surface area contributed by atoms with E-state index in [1.165, 1.54) is 11.8 Å². The molecule has 1 aromatic heterocycles. The first-order valence-electron chi connectivity index (χ1n) is 7.65. The molecule has 0 unspecified atom stereocenters. The second-order valence-corrected chi connectivity index (χ2v) is 5.28. The van der Waals surface area contributed by atoms with Gasteiger partial charge in [0, 0.05) is 12.7 Å². The Bertz CT molecular complexity index is 856. The summed E-state index contributed by atoms with van der Waals surface area (Å²) in [5.41, 5.74) is 0.951. The Balaban J connectivity index is 1.64. The average Bonchev–Trinajstić information content (AvgIpc) is 2.64. The summed E-state index contributed by atoms with van der Waals surface area (Å²) < 4.78 is 39.9. The summed E-state index contributed by atoms with van der Waals surface area (Å²) in [6.07, 6.45) is 2.30. The molecular formula is C18H15F3N4. The van der Waals surface area contributed by atoms with Gasteiger partial charge in [0.15, 0.2) is 17.5 Å². The summed E-state index contributed by atoms with van der Waals surface area (Å²) in [5.74, 6) is -3.49. The van der Waals surface area contributed by atoms with Crippen LogP contribution < -0.4 is 10.6 Å². The van der Waals surface area contributed by atoms with Crippen LogP contribution in [0.3, 0.4) is 0 Å². The molecule has 2 N–H and O–H groups in total. The van der Waals surface area contributed by atoms with Gasteiger partial charge in [0.2, 0.25) is 5.95 Å². The van der Waals surface area contributed by atoms with Crippen molar-refractivity contribution in [2.45, 2.75) is 6.42 Å². The fourth-order valence-electron chi connectivity index (χ4n) is 2.24. The van der Waals surface area contributed by atoms with Crippen molar-refractivity contribution in [1.82, 2.24) is 9.97 Å². The third-order valence-electron chi connectivity index (χ3n) is 3.50. The quantitative estimate of drug-likeness (QED) is 0.655. The van der Waals surface area contributed by atoms with Gasteiger partial charge < -0.3 is 10.6 Å². The lowest BCUT2D eigenvalue weighted by Crippen LogP contribution is -2.08. The van der Waals surface area contributed by atoms with E-state index in [-0.39, 0.29) is 11.6 Å². The van der Waals surface area contributed by atoms with E-state index in [1.807, 2.05) is 30.3 Å². The van der Waals surface area contributed by atoms with E-state index in [0.717, 1.165) is 18.6 Å². The zero-order valence-electron chi connectivity index (χ0n) is 13.1. The van der Waals surface area contributed by atoms with Crippen molar-refractivity contribution < 1.29 is 13.2 Å². The fourth-order valence-corrected chi connectivity index (χ4v) is 2.24. The second kappa shape index (κ2) is 7.65. The highest BCUT2D eigenvalue weighted by Crippen LogP contribution is 2.22. The zero-order chi connectivity index (χ0) is 17.6. The van der Waals surface area contributed by atoms with Gasteiger partial charge in [-0.05, 0) is 30.2 Å². The molecule has 1 heterocycles. The number of hydrogen-bond donors (Lipinski definition) is 2. The lowest BCUT2D eigenvalue weighted by Gasteiger charge is -2.09. The molecule has 25 heavy (non-hydrogen) atoms. The number of anilines is 3. The molecule has 7 heteroatoms. The molecule has 0 amide bonds. The summed E-state index contributed by atoms with van der Waals surface area (Å²) in [4.78, 5) is 8.13. The minimum atomic E-state index is -1.54. The SMILES string of the molecule is Fc1ccc(Nc2nccc(NCCc3ccccc3)n2)c(F)c1F. The minimum Gasteiger partial charge on any atom is -0.370 e. The van der Waals surface area contributed by atoms with Gasteiger partial charge in [0.1, 0.15) is 5.82 Å². The average molecular weight is 344 g/mol. The van der Waals surface area contributed by atoms with E-state index in [0.29, 0.717) is 12.4 Å². The number of halogens is 3. The van der Waals surface area contributed by atoms with E-state index in [9.17, 15) is 13.2 Å². The van der Waals surface area contributed by atoms with Crippen LogP contribution in [0.1, 0.15) is 5.56 Å². The van der Waals surface area contributed by atoms with Crippen LogP contribution in [0.4, 0.5) is 30.6 Å². The third-order valence-corrected chi connectivity index (χ3v) is 3.50. The molecule has 0 saturated carbocycles. The number of rotatable bonds is 6. The maximum Gasteiger partial charge on any atom is 0.229 e. The van der Waals surface area contributed by atoms with Crippen LogP contribution >= 0.6 is 0 Å². The van der Waals surface area contributed by atoms with Crippen LogP contribution in [0.2, 0.25) is 0 Å². The summed E-state index contributed by atoms with van der Waals surface area (Å²) in [6, 6.07) is 13.5. The molecule has 0 saturated heterocycles. The number of nitrogens with one attached hydrogen (secondary N) is 2. The van der Waals surface area contributed by atoms with Crippen molar-refractivity contribution in [2.75, 3.05) is 17.2 Å². The molecule has 0 bridgehead atoms. The molecule has 0 aliphatic heterocycles. The van der Waals surface area contributed by atoms with E-state index in [2.05, 4.69) is 20.6 Å². The minimum absolute atomic E-state index is 0.0784. The van der Waals surface area contributed by atoms with Crippen LogP contribution in [0.25, 0.3) is 0 Å². The van der Waals surface area contributed by atoms with Crippen LogP contribution in [0.15, 0.2) is 54.7 Å². The molecule has 0 aliphatic carbocycles. The summed E-state index contributed by atoms with van der Waals surface area (Å²) in [7, 11) is 0. The smallest absolute Gasteiger partial charge is 0.229 e. The van der Waals surface area contributed by atoms with Crippen molar-refractivity contribution in [1.29, 1.82) is 0 Å². The Kier molecular flexibility index (Phi) is 5.13. The molecule has 0 radical (unpaired) electrons. The first-order chi connectivity index (χ1) is 12.1. The molecule has 0 atom stereocenters. The van der Waals surface area contributed by atoms with Gasteiger partial charge >= 0.3 is 0 Å². The predicted octanol–water partition coefficient (Wildman–Crippen LogP) is 4.29. The van der Waals surface area contributed by atoms with Gasteiger partial charge in [0.25, 0.3) is 0 Å². The third kappa shape index (κ3) is 4.26. The Morgan fingerprint density at radius 3 is 2.48 bits per heavy atom. The Labute approximate surface area is 142 Å². The number of benzene rings is 2. The van der Waals surface area contributed by atoms with Crippen LogP contribution in [-0.2, 0) is 6.42 Å². The van der Waals surface area contributed by atoms with Crippen molar-refractivity contribution in [3.63, 3.8) is 0 Å². The maximum atomic E-state index is 13.7. The van der Waals surface area contributed by atoms with Crippen molar-refractivity contribution in [3.05, 3.63) is 77.7 Å². The van der Waals surface area contributed by atoms with Crippen molar-refractivity contribution in [3.8, 4) is 0 Å². The van der Waals surface area contributed by atoms with Crippen LogP contribution in [0.5, 0.6) is 0 Å². The van der Waals surface area contributed by atoms with Gasteiger partial charge in [-0.2, -0.15) is 4.98 Å². The fraction of sp³-hybridized carbons (Fsp3) is 0.111. The molecule has 3 rings (SSSR count). The van der Waals surface area contributed by atoms with E-state index in [1.54, 1.807) is 6.07 Å². The van der Waals surface area contributed by atoms with Crippen LogP contribution in [0, 0.1) is 17.5 Å². The summed E-state index contributed by atoms with van der Waals surface area (Å²) in [5, 5.41) is 5.68. The standard InChI is InChI=1S/C18H15F3N4/c19-13-6-7-14(17(21)16(13)20)24-18-23-11-9-15(25-18)22-10-8-12-4-2-1-3-5-12/h1-7,9,11H,8,10H2,(H2,22,23,24,25). The molecule has 128 valence electrons. The highest BCUT2D eigenvalue weighted by Gasteiger charge is 2.14. The van der Waals surface area contributed by atoms with Gasteiger partial charge in [-0.25, -0.2) is 18.2 Å². The van der Waals surface area contributed by atoms with Crippen molar-refractivity contribution in [2.24, 2.45) is 0 Å². The molecule has 0 fully saturated rings. The number of hydrogen-bond acceptors (Lipinski definition) is 4. The Morgan fingerprint density at radius 1 is 0.880 bits per heavy atom. The first kappa shape index (κ1) is 16.8. The van der Waals surface area contributed by atoms with Gasteiger partial charge in [-0.3, -0.25) is 0 Å². The highest BCUT2D eigenvalue weighted by atomic mass is 19.2. The molecule has 4 nitrogen and oxygen atoms in total. The van der Waals surface area contributed by atoms with E-state index in [4.69, 9.17) is 0 Å². The molecule has 0 aliphatic rings. The zero-order valence-corrected chi connectivity index (χ0v) is 13.1. The molecule has 3 aromatic rings.